The monoisotopic (exact) mass is 274 g/mol. The number of piperazine rings is 1. The molecule has 1 fully saturated rings. The average molecular weight is 274 g/mol. The average Bonchev–Trinajstić information content (AvgIpc) is 2.49. The Morgan fingerprint density at radius 2 is 2.00 bits per heavy atom. The molecule has 0 spiro atoms. The third kappa shape index (κ3) is 4.07. The number of hydrogen-bond donors (Lipinski definition) is 1. The first kappa shape index (κ1) is 15.5. The molecule has 2 nitrogen and oxygen atoms in total. The SMILES string of the molecule is CCCC1CN(C(C)CC)C(Cc2ccccc2)CN1. The lowest BCUT2D eigenvalue weighted by Gasteiger charge is -2.44. The molecule has 1 aromatic carbocycles. The number of nitrogens with one attached hydrogen (secondary N) is 1. The zero-order valence-electron chi connectivity index (χ0n) is 13.3. The molecule has 1 aliphatic heterocycles. The molecule has 3 atom stereocenters. The van der Waals surface area contributed by atoms with Gasteiger partial charge >= 0.3 is 0 Å². The molecule has 2 rings (SSSR count). The number of benzene rings is 1. The standard InChI is InChI=1S/C18H30N2/c1-4-9-17-14-20(15(3)5-2)18(13-19-17)12-16-10-7-6-8-11-16/h6-8,10-11,15,17-19H,4-5,9,12-14H2,1-3H3. The normalized spacial score (nSPS) is 25.6. The molecule has 1 saturated heterocycles. The molecule has 1 aromatic rings. The highest BCUT2D eigenvalue weighted by Gasteiger charge is 2.29. The smallest absolute Gasteiger partial charge is 0.0264 e. The predicted octanol–water partition coefficient (Wildman–Crippen LogP) is 3.47. The zero-order chi connectivity index (χ0) is 14.4. The van der Waals surface area contributed by atoms with E-state index in [0.29, 0.717) is 18.1 Å². The van der Waals surface area contributed by atoms with Crippen molar-refractivity contribution in [3.63, 3.8) is 0 Å². The van der Waals surface area contributed by atoms with Crippen LogP contribution in [0.25, 0.3) is 0 Å². The predicted molar refractivity (Wildman–Crippen MR) is 87.1 cm³/mol. The topological polar surface area (TPSA) is 15.3 Å². The maximum atomic E-state index is 3.76. The van der Waals surface area contributed by atoms with Gasteiger partial charge in [-0.15, -0.1) is 0 Å². The van der Waals surface area contributed by atoms with E-state index in [2.05, 4.69) is 61.3 Å². The van der Waals surface area contributed by atoms with Crippen LogP contribution in [-0.4, -0.2) is 36.1 Å². The summed E-state index contributed by atoms with van der Waals surface area (Å²) < 4.78 is 0. The Bertz CT molecular complexity index is 376. The molecule has 0 radical (unpaired) electrons. The molecule has 3 unspecified atom stereocenters. The van der Waals surface area contributed by atoms with Crippen molar-refractivity contribution in [3.8, 4) is 0 Å². The third-order valence-electron chi connectivity index (χ3n) is 4.65. The second-order valence-electron chi connectivity index (χ2n) is 6.19. The van der Waals surface area contributed by atoms with Gasteiger partial charge in [-0.3, -0.25) is 4.90 Å². The lowest BCUT2D eigenvalue weighted by Crippen LogP contribution is -2.59. The first-order valence-corrected chi connectivity index (χ1v) is 8.27. The molecule has 0 aliphatic carbocycles. The van der Waals surface area contributed by atoms with Crippen molar-refractivity contribution < 1.29 is 0 Å². The van der Waals surface area contributed by atoms with Crippen LogP contribution in [0.5, 0.6) is 0 Å². The molecule has 1 N–H and O–H groups in total. The van der Waals surface area contributed by atoms with E-state index in [4.69, 9.17) is 0 Å². The Labute approximate surface area is 124 Å². The van der Waals surface area contributed by atoms with Crippen molar-refractivity contribution in [2.45, 2.75) is 64.6 Å². The molecule has 2 heteroatoms. The van der Waals surface area contributed by atoms with Crippen molar-refractivity contribution in [1.82, 2.24) is 10.2 Å². The maximum absolute atomic E-state index is 3.76. The summed E-state index contributed by atoms with van der Waals surface area (Å²) in [4.78, 5) is 2.74. The van der Waals surface area contributed by atoms with E-state index in [9.17, 15) is 0 Å². The lowest BCUT2D eigenvalue weighted by molar-refractivity contribution is 0.0841. The molecule has 20 heavy (non-hydrogen) atoms. The van der Waals surface area contributed by atoms with Crippen LogP contribution < -0.4 is 5.32 Å². The largest absolute Gasteiger partial charge is 0.311 e. The quantitative estimate of drug-likeness (QED) is 0.854. The van der Waals surface area contributed by atoms with Crippen LogP contribution in [-0.2, 0) is 6.42 Å². The summed E-state index contributed by atoms with van der Waals surface area (Å²) >= 11 is 0. The summed E-state index contributed by atoms with van der Waals surface area (Å²) in [6.45, 7) is 9.31. The van der Waals surface area contributed by atoms with Crippen molar-refractivity contribution in [2.75, 3.05) is 13.1 Å². The molecule has 0 saturated carbocycles. The van der Waals surface area contributed by atoms with E-state index >= 15 is 0 Å². The number of hydrogen-bond acceptors (Lipinski definition) is 2. The fraction of sp³-hybridized carbons (Fsp3) is 0.667. The van der Waals surface area contributed by atoms with Crippen LogP contribution in [0.4, 0.5) is 0 Å². The molecule has 0 aromatic heterocycles. The molecule has 0 amide bonds. The third-order valence-corrected chi connectivity index (χ3v) is 4.65. The van der Waals surface area contributed by atoms with Crippen LogP contribution in [0.2, 0.25) is 0 Å². The van der Waals surface area contributed by atoms with Gasteiger partial charge in [-0.1, -0.05) is 50.6 Å². The minimum Gasteiger partial charge on any atom is -0.311 e. The van der Waals surface area contributed by atoms with Crippen LogP contribution in [0.1, 0.15) is 45.6 Å². The Morgan fingerprint density at radius 3 is 2.65 bits per heavy atom. The van der Waals surface area contributed by atoms with E-state index in [-0.39, 0.29) is 0 Å². The molecule has 1 aliphatic rings. The van der Waals surface area contributed by atoms with Crippen LogP contribution in [0.15, 0.2) is 30.3 Å². The van der Waals surface area contributed by atoms with Gasteiger partial charge in [0, 0.05) is 31.2 Å². The number of nitrogens with zero attached hydrogens (tertiary/aromatic N) is 1. The van der Waals surface area contributed by atoms with Gasteiger partial charge in [-0.25, -0.2) is 0 Å². The molecule has 112 valence electrons. The first-order chi connectivity index (χ1) is 9.74. The molecular formula is C18H30N2. The summed E-state index contributed by atoms with van der Waals surface area (Å²) in [5.74, 6) is 0. The van der Waals surface area contributed by atoms with Gasteiger partial charge in [-0.2, -0.15) is 0 Å². The second-order valence-corrected chi connectivity index (χ2v) is 6.19. The van der Waals surface area contributed by atoms with E-state index in [1.54, 1.807) is 0 Å². The van der Waals surface area contributed by atoms with Crippen LogP contribution in [0.3, 0.4) is 0 Å². The summed E-state index contributed by atoms with van der Waals surface area (Å²) in [6.07, 6.45) is 4.97. The first-order valence-electron chi connectivity index (χ1n) is 8.27. The van der Waals surface area contributed by atoms with Crippen molar-refractivity contribution in [1.29, 1.82) is 0 Å². The highest BCUT2D eigenvalue weighted by Crippen LogP contribution is 2.19. The van der Waals surface area contributed by atoms with Gasteiger partial charge in [0.15, 0.2) is 0 Å². The van der Waals surface area contributed by atoms with E-state index in [0.717, 1.165) is 13.0 Å². The van der Waals surface area contributed by atoms with Crippen molar-refractivity contribution in [2.24, 2.45) is 0 Å². The summed E-state index contributed by atoms with van der Waals surface area (Å²) in [6, 6.07) is 12.9. The highest BCUT2D eigenvalue weighted by atomic mass is 15.2. The summed E-state index contributed by atoms with van der Waals surface area (Å²) in [7, 11) is 0. The van der Waals surface area contributed by atoms with Gasteiger partial charge in [-0.05, 0) is 31.7 Å². The molecular weight excluding hydrogens is 244 g/mol. The Kier molecular flexibility index (Phi) is 6.06. The van der Waals surface area contributed by atoms with E-state index in [1.165, 1.54) is 31.4 Å². The van der Waals surface area contributed by atoms with Gasteiger partial charge < -0.3 is 5.32 Å². The zero-order valence-corrected chi connectivity index (χ0v) is 13.3. The maximum Gasteiger partial charge on any atom is 0.0264 e. The van der Waals surface area contributed by atoms with Crippen LogP contribution >= 0.6 is 0 Å². The fourth-order valence-corrected chi connectivity index (χ4v) is 3.28. The van der Waals surface area contributed by atoms with E-state index in [1.807, 2.05) is 0 Å². The minimum atomic E-state index is 0.639. The van der Waals surface area contributed by atoms with Crippen LogP contribution in [0, 0.1) is 0 Å². The Hall–Kier alpha value is -0.860. The number of rotatable bonds is 6. The van der Waals surface area contributed by atoms with Crippen molar-refractivity contribution in [3.05, 3.63) is 35.9 Å². The molecule has 1 heterocycles. The summed E-state index contributed by atoms with van der Waals surface area (Å²) in [5.41, 5.74) is 1.46. The minimum absolute atomic E-state index is 0.639. The Balaban J connectivity index is 2.02. The highest BCUT2D eigenvalue weighted by molar-refractivity contribution is 5.16. The molecule has 0 bridgehead atoms. The lowest BCUT2D eigenvalue weighted by atomic mass is 9.97. The van der Waals surface area contributed by atoms with Gasteiger partial charge in [0.2, 0.25) is 0 Å². The van der Waals surface area contributed by atoms with E-state index < -0.39 is 0 Å². The van der Waals surface area contributed by atoms with Gasteiger partial charge in [0.25, 0.3) is 0 Å². The Morgan fingerprint density at radius 1 is 1.25 bits per heavy atom. The van der Waals surface area contributed by atoms with Gasteiger partial charge in [0.05, 0.1) is 0 Å². The fourth-order valence-electron chi connectivity index (χ4n) is 3.28. The second kappa shape index (κ2) is 7.80. The van der Waals surface area contributed by atoms with Gasteiger partial charge in [0.1, 0.15) is 0 Å². The summed E-state index contributed by atoms with van der Waals surface area (Å²) in [5, 5.41) is 3.76. The van der Waals surface area contributed by atoms with Crippen molar-refractivity contribution >= 4 is 0 Å².